The fraction of sp³-hybridized carbons (Fsp3) is 0.273. The standard InChI is InChI=1S/C11H11BrS2/c1-2-6-13-11-7-8-9(12)4-3-5-10(8)14-11/h3-5,7H,2,6H2,1H3. The molecule has 0 spiro atoms. The Hall–Kier alpha value is 0.01000. The molecule has 0 N–H and O–H groups in total. The lowest BCUT2D eigenvalue weighted by molar-refractivity contribution is 1.11. The zero-order chi connectivity index (χ0) is 9.97. The summed E-state index contributed by atoms with van der Waals surface area (Å²) in [4.78, 5) is 0. The third-order valence-electron chi connectivity index (χ3n) is 1.93. The van der Waals surface area contributed by atoms with Crippen molar-refractivity contribution in [3.8, 4) is 0 Å². The molecule has 0 radical (unpaired) electrons. The van der Waals surface area contributed by atoms with E-state index in [-0.39, 0.29) is 0 Å². The molecule has 0 atom stereocenters. The van der Waals surface area contributed by atoms with Crippen molar-refractivity contribution in [2.24, 2.45) is 0 Å². The van der Waals surface area contributed by atoms with Crippen LogP contribution < -0.4 is 0 Å². The highest BCUT2D eigenvalue weighted by Gasteiger charge is 2.03. The van der Waals surface area contributed by atoms with Crippen LogP contribution in [0.3, 0.4) is 0 Å². The van der Waals surface area contributed by atoms with Gasteiger partial charge in [-0.1, -0.05) is 28.9 Å². The first-order valence-electron chi connectivity index (χ1n) is 4.62. The SMILES string of the molecule is CCCSc1cc2c(Br)cccc2s1. The molecule has 1 heterocycles. The minimum atomic E-state index is 1.20. The molecule has 1 aromatic carbocycles. The van der Waals surface area contributed by atoms with Crippen molar-refractivity contribution in [3.63, 3.8) is 0 Å². The van der Waals surface area contributed by atoms with Crippen LogP contribution in [0.2, 0.25) is 0 Å². The summed E-state index contributed by atoms with van der Waals surface area (Å²) in [6.45, 7) is 2.22. The summed E-state index contributed by atoms with van der Waals surface area (Å²) in [7, 11) is 0. The molecule has 0 nitrogen and oxygen atoms in total. The predicted octanol–water partition coefficient (Wildman–Crippen LogP) is 5.17. The van der Waals surface area contributed by atoms with Crippen molar-refractivity contribution >= 4 is 49.1 Å². The molecule has 0 aliphatic heterocycles. The molecule has 74 valence electrons. The molecule has 0 amide bonds. The summed E-state index contributed by atoms with van der Waals surface area (Å²) in [5.41, 5.74) is 0. The van der Waals surface area contributed by atoms with Gasteiger partial charge in [-0.15, -0.1) is 23.1 Å². The number of hydrogen-bond donors (Lipinski definition) is 0. The number of thioether (sulfide) groups is 1. The molecular weight excluding hydrogens is 276 g/mol. The Morgan fingerprint density at radius 1 is 1.43 bits per heavy atom. The van der Waals surface area contributed by atoms with Gasteiger partial charge < -0.3 is 0 Å². The normalized spacial score (nSPS) is 11.0. The summed E-state index contributed by atoms with van der Waals surface area (Å²) in [6, 6.07) is 8.66. The van der Waals surface area contributed by atoms with Crippen LogP contribution in [0.15, 0.2) is 32.9 Å². The van der Waals surface area contributed by atoms with Gasteiger partial charge in [0.15, 0.2) is 0 Å². The summed E-state index contributed by atoms with van der Waals surface area (Å²) >= 11 is 7.41. The molecule has 0 bridgehead atoms. The first-order valence-corrected chi connectivity index (χ1v) is 7.21. The fourth-order valence-corrected chi connectivity index (χ4v) is 4.07. The zero-order valence-corrected chi connectivity index (χ0v) is 11.1. The topological polar surface area (TPSA) is 0 Å². The van der Waals surface area contributed by atoms with Gasteiger partial charge in [0.2, 0.25) is 0 Å². The van der Waals surface area contributed by atoms with E-state index in [4.69, 9.17) is 0 Å². The lowest BCUT2D eigenvalue weighted by atomic mass is 10.3. The number of hydrogen-bond acceptors (Lipinski definition) is 2. The number of thiophene rings is 1. The predicted molar refractivity (Wildman–Crippen MR) is 70.5 cm³/mol. The maximum Gasteiger partial charge on any atom is 0.0611 e. The second-order valence-corrected chi connectivity index (χ2v) is 6.40. The van der Waals surface area contributed by atoms with Crippen LogP contribution in [0.5, 0.6) is 0 Å². The maximum absolute atomic E-state index is 3.58. The van der Waals surface area contributed by atoms with E-state index < -0.39 is 0 Å². The summed E-state index contributed by atoms with van der Waals surface area (Å²) in [5.74, 6) is 1.21. The van der Waals surface area contributed by atoms with Crippen molar-refractivity contribution < 1.29 is 0 Å². The molecule has 0 unspecified atom stereocenters. The Balaban J connectivity index is 2.36. The van der Waals surface area contributed by atoms with Crippen molar-refractivity contribution in [1.29, 1.82) is 0 Å². The molecule has 1 aromatic heterocycles. The molecule has 0 aliphatic carbocycles. The van der Waals surface area contributed by atoms with Crippen molar-refractivity contribution in [2.75, 3.05) is 5.75 Å². The highest BCUT2D eigenvalue weighted by molar-refractivity contribution is 9.10. The first kappa shape index (κ1) is 10.5. The Kier molecular flexibility index (Phi) is 3.52. The van der Waals surface area contributed by atoms with Gasteiger partial charge in [0, 0.05) is 14.6 Å². The van der Waals surface area contributed by atoms with E-state index in [1.54, 1.807) is 0 Å². The molecule has 0 aliphatic rings. The Morgan fingerprint density at radius 3 is 3.00 bits per heavy atom. The maximum atomic E-state index is 3.58. The number of benzene rings is 1. The fourth-order valence-electron chi connectivity index (χ4n) is 1.28. The molecular formula is C11H11BrS2. The Labute approximate surface area is 101 Å². The lowest BCUT2D eigenvalue weighted by Crippen LogP contribution is -1.69. The van der Waals surface area contributed by atoms with Crippen molar-refractivity contribution in [1.82, 2.24) is 0 Å². The monoisotopic (exact) mass is 286 g/mol. The van der Waals surface area contributed by atoms with Gasteiger partial charge >= 0.3 is 0 Å². The second-order valence-electron chi connectivity index (χ2n) is 3.07. The van der Waals surface area contributed by atoms with Gasteiger partial charge in [0.05, 0.1) is 4.21 Å². The molecule has 2 rings (SSSR count). The average Bonchev–Trinajstić information content (AvgIpc) is 2.59. The number of rotatable bonds is 3. The van der Waals surface area contributed by atoms with Crippen molar-refractivity contribution in [3.05, 3.63) is 28.7 Å². The first-order chi connectivity index (χ1) is 6.81. The van der Waals surface area contributed by atoms with Gasteiger partial charge in [-0.05, 0) is 30.4 Å². The molecule has 2 aromatic rings. The van der Waals surface area contributed by atoms with Crippen LogP contribution in [0.4, 0.5) is 0 Å². The van der Waals surface area contributed by atoms with E-state index in [1.807, 2.05) is 23.1 Å². The average molecular weight is 287 g/mol. The third-order valence-corrected chi connectivity index (χ3v) is 5.14. The van der Waals surface area contributed by atoms with E-state index in [1.165, 1.54) is 30.9 Å². The molecule has 0 saturated carbocycles. The Bertz CT molecular complexity index is 434. The third kappa shape index (κ3) is 2.15. The van der Waals surface area contributed by atoms with Crippen LogP contribution in [-0.2, 0) is 0 Å². The molecule has 0 fully saturated rings. The van der Waals surface area contributed by atoms with E-state index in [0.717, 1.165) is 0 Å². The number of halogens is 1. The van der Waals surface area contributed by atoms with Crippen LogP contribution in [0.1, 0.15) is 13.3 Å². The largest absolute Gasteiger partial charge is 0.129 e. The van der Waals surface area contributed by atoms with Gasteiger partial charge in [-0.25, -0.2) is 0 Å². The van der Waals surface area contributed by atoms with E-state index in [0.29, 0.717) is 0 Å². The smallest absolute Gasteiger partial charge is 0.0611 e. The van der Waals surface area contributed by atoms with Crippen LogP contribution >= 0.6 is 39.0 Å². The van der Waals surface area contributed by atoms with Gasteiger partial charge in [0.1, 0.15) is 0 Å². The van der Waals surface area contributed by atoms with Crippen molar-refractivity contribution in [2.45, 2.75) is 17.6 Å². The van der Waals surface area contributed by atoms with Crippen LogP contribution in [-0.4, -0.2) is 5.75 Å². The van der Waals surface area contributed by atoms with E-state index >= 15 is 0 Å². The number of fused-ring (bicyclic) bond motifs is 1. The molecule has 14 heavy (non-hydrogen) atoms. The van der Waals surface area contributed by atoms with Gasteiger partial charge in [-0.2, -0.15) is 0 Å². The zero-order valence-electron chi connectivity index (χ0n) is 7.92. The summed E-state index contributed by atoms with van der Waals surface area (Å²) in [6.07, 6.45) is 1.24. The van der Waals surface area contributed by atoms with Crippen LogP contribution in [0.25, 0.3) is 10.1 Å². The highest BCUT2D eigenvalue weighted by atomic mass is 79.9. The summed E-state index contributed by atoms with van der Waals surface area (Å²) in [5, 5.41) is 1.34. The van der Waals surface area contributed by atoms with Gasteiger partial charge in [-0.3, -0.25) is 0 Å². The minimum Gasteiger partial charge on any atom is -0.129 e. The Morgan fingerprint density at radius 2 is 2.29 bits per heavy atom. The summed E-state index contributed by atoms with van der Waals surface area (Å²) < 4.78 is 4.00. The molecule has 3 heteroatoms. The minimum absolute atomic E-state index is 1.20. The van der Waals surface area contributed by atoms with E-state index in [9.17, 15) is 0 Å². The lowest BCUT2D eigenvalue weighted by Gasteiger charge is -1.91. The molecule has 0 saturated heterocycles. The second kappa shape index (κ2) is 4.69. The quantitative estimate of drug-likeness (QED) is 0.702. The van der Waals surface area contributed by atoms with E-state index in [2.05, 4.69) is 47.1 Å². The van der Waals surface area contributed by atoms with Gasteiger partial charge in [0.25, 0.3) is 0 Å². The van der Waals surface area contributed by atoms with Crippen LogP contribution in [0, 0.1) is 0 Å². The highest BCUT2D eigenvalue weighted by Crippen LogP contribution is 2.36.